The summed E-state index contributed by atoms with van der Waals surface area (Å²) in [5.74, 6) is 2.83. The highest BCUT2D eigenvalue weighted by atomic mass is 16.4. The third kappa shape index (κ3) is 2.71. The molecular weight excluding hydrogens is 378 g/mol. The van der Waals surface area contributed by atoms with Crippen LogP contribution in [0, 0.1) is 28.6 Å². The maximum atomic E-state index is 12.6. The highest BCUT2D eigenvalue weighted by Gasteiger charge is 2.61. The van der Waals surface area contributed by atoms with Gasteiger partial charge in [0.1, 0.15) is 18.1 Å². The van der Waals surface area contributed by atoms with Crippen molar-refractivity contribution in [1.82, 2.24) is 4.90 Å². The molecule has 0 bridgehead atoms. The molecule has 2 heterocycles. The van der Waals surface area contributed by atoms with Crippen molar-refractivity contribution in [3.05, 3.63) is 41.4 Å². The van der Waals surface area contributed by atoms with Crippen LogP contribution in [0.3, 0.4) is 0 Å². The second-order valence-electron chi connectivity index (χ2n) is 10.5. The molecule has 1 amide bonds. The summed E-state index contributed by atoms with van der Waals surface area (Å²) in [6, 6.07) is 3.71. The van der Waals surface area contributed by atoms with Crippen LogP contribution in [-0.4, -0.2) is 40.2 Å². The van der Waals surface area contributed by atoms with Crippen molar-refractivity contribution in [2.24, 2.45) is 28.6 Å². The van der Waals surface area contributed by atoms with Gasteiger partial charge in [0.05, 0.1) is 12.1 Å². The van der Waals surface area contributed by atoms with E-state index in [1.807, 2.05) is 18.0 Å². The van der Waals surface area contributed by atoms with Crippen molar-refractivity contribution >= 4 is 12.0 Å². The number of fused-ring (bicyclic) bond motifs is 5. The Morgan fingerprint density at radius 3 is 2.77 bits per heavy atom. The average molecular weight is 412 g/mol. The summed E-state index contributed by atoms with van der Waals surface area (Å²) in [7, 11) is 1.91. The second kappa shape index (κ2) is 6.83. The Bertz CT molecular complexity index is 916. The molecule has 3 aliphatic carbocycles. The van der Waals surface area contributed by atoms with Crippen LogP contribution in [0.15, 0.2) is 34.3 Å². The van der Waals surface area contributed by atoms with Crippen molar-refractivity contribution in [2.45, 2.75) is 64.7 Å². The van der Waals surface area contributed by atoms with Gasteiger partial charge in [-0.1, -0.05) is 19.9 Å². The fraction of sp³-hybridized carbons (Fsp3) is 0.640. The number of amides is 1. The Kier molecular flexibility index (Phi) is 4.57. The standard InChI is InChI=1S/C25H33NO4/c1-24-10-8-20-18(19(24)6-7-21(24)28)13-15(12-16-4-5-17(14-27)30-16)23-25(20,2)11-9-22(29)26(23)3/h4-5,9,11-12,18-21,23,27-28H,6-8,10,13-14H2,1-3H3/t18-,19-,20+,21?,23?,24-,25+/m0/s1. The number of aliphatic hydroxyl groups excluding tert-OH is 2. The Labute approximate surface area is 178 Å². The van der Waals surface area contributed by atoms with Crippen LogP contribution in [0.1, 0.15) is 57.5 Å². The van der Waals surface area contributed by atoms with Crippen molar-refractivity contribution < 1.29 is 19.4 Å². The Hall–Kier alpha value is -1.85. The van der Waals surface area contributed by atoms with Crippen molar-refractivity contribution in [2.75, 3.05) is 7.05 Å². The van der Waals surface area contributed by atoms with Crippen molar-refractivity contribution in [3.8, 4) is 0 Å². The van der Waals surface area contributed by atoms with Gasteiger partial charge in [-0.15, -0.1) is 0 Å². The lowest BCUT2D eigenvalue weighted by Gasteiger charge is -2.60. The SMILES string of the molecule is CN1C(=O)C=C[C@@]2(C)C1C(=Cc1ccc(CO)o1)C[C@@H]1[C@H]2CC[C@]2(C)C(O)CC[C@@H]12. The molecule has 4 aliphatic rings. The Balaban J connectivity index is 1.60. The van der Waals surface area contributed by atoms with Crippen LogP contribution < -0.4 is 0 Å². The summed E-state index contributed by atoms with van der Waals surface area (Å²) in [6.07, 6.45) is 10.9. The van der Waals surface area contributed by atoms with E-state index in [4.69, 9.17) is 4.42 Å². The minimum Gasteiger partial charge on any atom is -0.459 e. The smallest absolute Gasteiger partial charge is 0.246 e. The van der Waals surface area contributed by atoms with E-state index in [1.54, 1.807) is 12.1 Å². The number of hydrogen-bond acceptors (Lipinski definition) is 4. The zero-order valence-corrected chi connectivity index (χ0v) is 18.2. The Morgan fingerprint density at radius 2 is 2.03 bits per heavy atom. The van der Waals surface area contributed by atoms with Gasteiger partial charge >= 0.3 is 0 Å². The minimum absolute atomic E-state index is 0.00428. The van der Waals surface area contributed by atoms with E-state index in [2.05, 4.69) is 26.0 Å². The first-order valence-corrected chi connectivity index (χ1v) is 11.3. The molecule has 30 heavy (non-hydrogen) atoms. The molecule has 3 fully saturated rings. The van der Waals surface area contributed by atoms with Gasteiger partial charge in [-0.25, -0.2) is 0 Å². The molecule has 5 rings (SSSR count). The molecule has 3 saturated carbocycles. The molecule has 5 nitrogen and oxygen atoms in total. The summed E-state index contributed by atoms with van der Waals surface area (Å²) in [5.41, 5.74) is 1.10. The first-order chi connectivity index (χ1) is 14.3. The van der Waals surface area contributed by atoms with Crippen LogP contribution in [-0.2, 0) is 11.4 Å². The van der Waals surface area contributed by atoms with E-state index in [0.717, 1.165) is 37.9 Å². The van der Waals surface area contributed by atoms with E-state index in [9.17, 15) is 15.0 Å². The lowest BCUT2D eigenvalue weighted by molar-refractivity contribution is -0.135. The van der Waals surface area contributed by atoms with Gasteiger partial charge in [0.2, 0.25) is 5.91 Å². The molecule has 2 N–H and O–H groups in total. The van der Waals surface area contributed by atoms with Crippen molar-refractivity contribution in [1.29, 1.82) is 0 Å². The first-order valence-electron chi connectivity index (χ1n) is 11.3. The van der Waals surface area contributed by atoms with E-state index in [-0.39, 0.29) is 35.5 Å². The normalized spacial score (nSPS) is 44.2. The van der Waals surface area contributed by atoms with Gasteiger partial charge in [-0.05, 0) is 85.1 Å². The maximum Gasteiger partial charge on any atom is 0.246 e. The van der Waals surface area contributed by atoms with Crippen LogP contribution >= 0.6 is 0 Å². The molecule has 1 aromatic rings. The molecule has 1 aromatic heterocycles. The topological polar surface area (TPSA) is 73.9 Å². The number of nitrogens with zero attached hydrogens (tertiary/aromatic N) is 1. The number of aliphatic hydroxyl groups is 2. The lowest BCUT2D eigenvalue weighted by atomic mass is 9.47. The van der Waals surface area contributed by atoms with Gasteiger partial charge in [0.25, 0.3) is 0 Å². The molecule has 1 aliphatic heterocycles. The first kappa shape index (κ1) is 20.1. The van der Waals surface area contributed by atoms with Gasteiger partial charge in [-0.2, -0.15) is 0 Å². The summed E-state index contributed by atoms with van der Waals surface area (Å²) in [5, 5.41) is 20.1. The van der Waals surface area contributed by atoms with Crippen molar-refractivity contribution in [3.63, 3.8) is 0 Å². The summed E-state index contributed by atoms with van der Waals surface area (Å²) >= 11 is 0. The number of rotatable bonds is 2. The number of carbonyl (C=O) groups excluding carboxylic acids is 1. The van der Waals surface area contributed by atoms with Gasteiger partial charge in [-0.3, -0.25) is 4.79 Å². The van der Waals surface area contributed by atoms with Crippen LogP contribution in [0.2, 0.25) is 0 Å². The second-order valence-corrected chi connectivity index (χ2v) is 10.5. The van der Waals surface area contributed by atoms with Gasteiger partial charge in [0.15, 0.2) is 0 Å². The molecule has 0 saturated heterocycles. The fourth-order valence-corrected chi connectivity index (χ4v) is 7.56. The summed E-state index contributed by atoms with van der Waals surface area (Å²) < 4.78 is 5.78. The van der Waals surface area contributed by atoms with E-state index < -0.39 is 0 Å². The molecular formula is C25H33NO4. The van der Waals surface area contributed by atoms with E-state index >= 15 is 0 Å². The van der Waals surface area contributed by atoms with Gasteiger partial charge < -0.3 is 19.5 Å². The lowest BCUT2D eigenvalue weighted by Crippen LogP contribution is -2.60. The molecule has 0 spiro atoms. The summed E-state index contributed by atoms with van der Waals surface area (Å²) in [4.78, 5) is 14.5. The number of hydrogen-bond donors (Lipinski definition) is 2. The highest BCUT2D eigenvalue weighted by Crippen LogP contribution is 2.64. The molecule has 7 atom stereocenters. The highest BCUT2D eigenvalue weighted by molar-refractivity contribution is 5.89. The predicted octanol–water partition coefficient (Wildman–Crippen LogP) is 3.77. The molecule has 162 valence electrons. The third-order valence-corrected chi connectivity index (χ3v) is 9.08. The number of likely N-dealkylation sites (N-methyl/N-ethyl adjacent to an activating group) is 1. The monoisotopic (exact) mass is 411 g/mol. The van der Waals surface area contributed by atoms with Crippen LogP contribution in [0.25, 0.3) is 6.08 Å². The molecule has 0 aromatic carbocycles. The molecule has 2 unspecified atom stereocenters. The number of furan rings is 1. The van der Waals surface area contributed by atoms with Gasteiger partial charge in [0, 0.05) is 12.5 Å². The quantitative estimate of drug-likeness (QED) is 0.777. The largest absolute Gasteiger partial charge is 0.459 e. The predicted molar refractivity (Wildman–Crippen MR) is 114 cm³/mol. The minimum atomic E-state index is -0.204. The zero-order chi connectivity index (χ0) is 21.3. The van der Waals surface area contributed by atoms with E-state index in [1.165, 1.54) is 5.57 Å². The fourth-order valence-electron chi connectivity index (χ4n) is 7.56. The maximum absolute atomic E-state index is 12.6. The molecule has 5 heteroatoms. The average Bonchev–Trinajstić information content (AvgIpc) is 3.29. The van der Waals surface area contributed by atoms with Crippen LogP contribution in [0.5, 0.6) is 0 Å². The zero-order valence-electron chi connectivity index (χ0n) is 18.2. The number of carbonyl (C=O) groups is 1. The Morgan fingerprint density at radius 1 is 1.23 bits per heavy atom. The van der Waals surface area contributed by atoms with E-state index in [0.29, 0.717) is 23.5 Å². The summed E-state index contributed by atoms with van der Waals surface area (Å²) in [6.45, 7) is 4.49. The molecule has 0 radical (unpaired) electrons. The third-order valence-electron chi connectivity index (χ3n) is 9.08. The van der Waals surface area contributed by atoms with Crippen LogP contribution in [0.4, 0.5) is 0 Å².